The zero-order valence-electron chi connectivity index (χ0n) is 16.5. The number of benzene rings is 1. The quantitative estimate of drug-likeness (QED) is 0.543. The molecule has 0 saturated carbocycles. The molecule has 8 heteroatoms. The van der Waals surface area contributed by atoms with Crippen molar-refractivity contribution in [1.29, 1.82) is 0 Å². The van der Waals surface area contributed by atoms with Gasteiger partial charge >= 0.3 is 18.2 Å². The fourth-order valence-electron chi connectivity index (χ4n) is 4.07. The predicted octanol–water partition coefficient (Wildman–Crippen LogP) is 2.78. The Labute approximate surface area is 163 Å². The summed E-state index contributed by atoms with van der Waals surface area (Å²) >= 11 is 0. The molecule has 1 aromatic rings. The van der Waals surface area contributed by atoms with Crippen LogP contribution in [0.5, 0.6) is 0 Å². The maximum absolute atomic E-state index is 12.7. The van der Waals surface area contributed by atoms with Gasteiger partial charge in [0.2, 0.25) is 0 Å². The van der Waals surface area contributed by atoms with Crippen molar-refractivity contribution in [2.75, 3.05) is 19.7 Å². The minimum Gasteiger partial charge on any atom is -0.457 e. The van der Waals surface area contributed by atoms with Crippen LogP contribution >= 0.6 is 0 Å². The van der Waals surface area contributed by atoms with Gasteiger partial charge in [-0.05, 0) is 44.9 Å². The lowest BCUT2D eigenvalue weighted by molar-refractivity contribution is 0.00250. The van der Waals surface area contributed by atoms with Gasteiger partial charge in [0, 0.05) is 18.7 Å². The summed E-state index contributed by atoms with van der Waals surface area (Å²) in [5, 5.41) is 0. The molecule has 150 valence electrons. The molecule has 0 aromatic heterocycles. The van der Waals surface area contributed by atoms with Crippen molar-refractivity contribution in [3.63, 3.8) is 0 Å². The number of fused-ring (bicyclic) bond motifs is 2. The highest BCUT2D eigenvalue weighted by molar-refractivity contribution is 5.94. The summed E-state index contributed by atoms with van der Waals surface area (Å²) in [4.78, 5) is 40.2. The smallest absolute Gasteiger partial charge is 0.410 e. The lowest BCUT2D eigenvalue weighted by Gasteiger charge is -2.42. The van der Waals surface area contributed by atoms with Crippen LogP contribution in [0.3, 0.4) is 0 Å². The molecule has 0 N–H and O–H groups in total. The minimum atomic E-state index is -0.604. The molecule has 4 rings (SSSR count). The zero-order valence-corrected chi connectivity index (χ0v) is 16.5. The molecule has 3 heterocycles. The van der Waals surface area contributed by atoms with E-state index >= 15 is 0 Å². The third-order valence-corrected chi connectivity index (χ3v) is 5.38. The Kier molecular flexibility index (Phi) is 4.24. The normalized spacial score (nSPS) is 23.9. The number of piperazine rings is 1. The summed E-state index contributed by atoms with van der Waals surface area (Å²) in [6.07, 6.45) is -0.792. The summed E-state index contributed by atoms with van der Waals surface area (Å²) in [5.41, 5.74) is 2.57. The lowest BCUT2D eigenvalue weighted by atomic mass is 9.91. The van der Waals surface area contributed by atoms with Gasteiger partial charge in [-0.25, -0.2) is 14.4 Å². The van der Waals surface area contributed by atoms with Crippen LogP contribution in [0.2, 0.25) is 0 Å². The number of cyclic esters (lactones) is 2. The number of amides is 2. The largest absolute Gasteiger partial charge is 0.457 e. The van der Waals surface area contributed by atoms with Crippen LogP contribution in [-0.2, 0) is 20.8 Å². The molecule has 3 aliphatic rings. The number of esters is 1. The second-order valence-electron chi connectivity index (χ2n) is 8.42. The highest BCUT2D eigenvalue weighted by Gasteiger charge is 2.46. The number of carbonyl (C=O) groups excluding carboxylic acids is 3. The van der Waals surface area contributed by atoms with Crippen molar-refractivity contribution >= 4 is 18.2 Å². The molecular formula is C20H24N2O6. The highest BCUT2D eigenvalue weighted by Crippen LogP contribution is 2.37. The fraction of sp³-hybridized carbons (Fsp3) is 0.550. The van der Waals surface area contributed by atoms with E-state index in [1.165, 1.54) is 0 Å². The molecule has 2 atom stereocenters. The lowest BCUT2D eigenvalue weighted by Crippen LogP contribution is -2.56. The van der Waals surface area contributed by atoms with Gasteiger partial charge in [0.25, 0.3) is 0 Å². The standard InChI is InChI=1S/C20H24N2O6/c1-11-13(5-6-14-15(11)10-26-17(14)23)16-8-21(18(24)28-20(2,3)4)7-12-9-27-19(25)22(12)16/h5-6,12,16H,7-10H2,1-4H3/t12-,16+/m1/s1. The number of carbonyl (C=O) groups is 3. The Morgan fingerprint density at radius 1 is 1.18 bits per heavy atom. The Balaban J connectivity index is 1.69. The molecule has 2 amide bonds. The van der Waals surface area contributed by atoms with Gasteiger partial charge in [-0.2, -0.15) is 0 Å². The fourth-order valence-corrected chi connectivity index (χ4v) is 4.07. The first kappa shape index (κ1) is 18.6. The van der Waals surface area contributed by atoms with Gasteiger partial charge in [0.05, 0.1) is 17.6 Å². The summed E-state index contributed by atoms with van der Waals surface area (Å²) in [7, 11) is 0. The molecule has 28 heavy (non-hydrogen) atoms. The number of nitrogens with zero attached hydrogens (tertiary/aromatic N) is 2. The molecule has 3 aliphatic heterocycles. The summed E-state index contributed by atoms with van der Waals surface area (Å²) in [5.74, 6) is -0.331. The van der Waals surface area contributed by atoms with Crippen LogP contribution in [-0.4, -0.2) is 59.3 Å². The van der Waals surface area contributed by atoms with E-state index in [1.54, 1.807) is 15.9 Å². The van der Waals surface area contributed by atoms with E-state index in [1.807, 2.05) is 33.8 Å². The first-order valence-electron chi connectivity index (χ1n) is 9.38. The number of rotatable bonds is 1. The van der Waals surface area contributed by atoms with Crippen LogP contribution in [0.25, 0.3) is 0 Å². The number of ether oxygens (including phenoxy) is 3. The predicted molar refractivity (Wildman–Crippen MR) is 97.8 cm³/mol. The molecule has 0 aliphatic carbocycles. The van der Waals surface area contributed by atoms with E-state index in [4.69, 9.17) is 14.2 Å². The average molecular weight is 388 g/mol. The first-order valence-corrected chi connectivity index (χ1v) is 9.38. The molecular weight excluding hydrogens is 364 g/mol. The van der Waals surface area contributed by atoms with Crippen LogP contribution in [0.15, 0.2) is 12.1 Å². The topological polar surface area (TPSA) is 85.4 Å². The van der Waals surface area contributed by atoms with E-state index in [2.05, 4.69) is 0 Å². The monoisotopic (exact) mass is 388 g/mol. The van der Waals surface area contributed by atoms with E-state index in [9.17, 15) is 14.4 Å². The second-order valence-corrected chi connectivity index (χ2v) is 8.42. The average Bonchev–Trinajstić information content (AvgIpc) is 3.17. The van der Waals surface area contributed by atoms with Gasteiger partial charge in [0.15, 0.2) is 0 Å². The zero-order chi connectivity index (χ0) is 20.2. The summed E-state index contributed by atoms with van der Waals surface area (Å²) in [6, 6.07) is 2.97. The van der Waals surface area contributed by atoms with Crippen LogP contribution in [0.1, 0.15) is 53.9 Å². The molecule has 2 fully saturated rings. The highest BCUT2D eigenvalue weighted by atomic mass is 16.6. The number of hydrogen-bond acceptors (Lipinski definition) is 6. The SMILES string of the molecule is Cc1c([C@@H]2CN(C(=O)OC(C)(C)C)C[C@@H]3COC(=O)N32)ccc2c1COC2=O. The van der Waals surface area contributed by atoms with Gasteiger partial charge in [0.1, 0.15) is 18.8 Å². The molecule has 1 aromatic carbocycles. The molecule has 0 radical (unpaired) electrons. The van der Waals surface area contributed by atoms with Crippen molar-refractivity contribution < 1.29 is 28.6 Å². The van der Waals surface area contributed by atoms with Gasteiger partial charge < -0.3 is 19.1 Å². The van der Waals surface area contributed by atoms with E-state index < -0.39 is 11.7 Å². The first-order chi connectivity index (χ1) is 13.2. The van der Waals surface area contributed by atoms with Gasteiger partial charge in [-0.1, -0.05) is 6.07 Å². The Bertz CT molecular complexity index is 859. The van der Waals surface area contributed by atoms with Crippen molar-refractivity contribution in [2.24, 2.45) is 0 Å². The Hall–Kier alpha value is -2.77. The third-order valence-electron chi connectivity index (χ3n) is 5.38. The van der Waals surface area contributed by atoms with Crippen molar-refractivity contribution in [2.45, 2.75) is 52.0 Å². The molecule has 8 nitrogen and oxygen atoms in total. The van der Waals surface area contributed by atoms with Crippen molar-refractivity contribution in [3.05, 3.63) is 34.4 Å². The minimum absolute atomic E-state index is 0.226. The molecule has 0 spiro atoms. The van der Waals surface area contributed by atoms with Gasteiger partial charge in [-0.15, -0.1) is 0 Å². The van der Waals surface area contributed by atoms with Crippen molar-refractivity contribution in [1.82, 2.24) is 9.80 Å². The maximum Gasteiger partial charge on any atom is 0.410 e. The third kappa shape index (κ3) is 3.06. The van der Waals surface area contributed by atoms with Crippen LogP contribution in [0.4, 0.5) is 9.59 Å². The molecule has 0 unspecified atom stereocenters. The molecule has 2 saturated heterocycles. The Morgan fingerprint density at radius 3 is 2.64 bits per heavy atom. The van der Waals surface area contributed by atoms with E-state index in [0.717, 1.165) is 16.7 Å². The summed E-state index contributed by atoms with van der Waals surface area (Å²) < 4.78 is 15.9. The van der Waals surface area contributed by atoms with E-state index in [0.29, 0.717) is 18.7 Å². The summed E-state index contributed by atoms with van der Waals surface area (Å²) in [6.45, 7) is 8.51. The number of hydrogen-bond donors (Lipinski definition) is 0. The van der Waals surface area contributed by atoms with Crippen LogP contribution < -0.4 is 0 Å². The maximum atomic E-state index is 12.7. The van der Waals surface area contributed by atoms with E-state index in [-0.39, 0.29) is 37.4 Å². The second kappa shape index (κ2) is 6.39. The molecule has 0 bridgehead atoms. The Morgan fingerprint density at radius 2 is 1.93 bits per heavy atom. The van der Waals surface area contributed by atoms with Crippen molar-refractivity contribution in [3.8, 4) is 0 Å². The van der Waals surface area contributed by atoms with Gasteiger partial charge in [-0.3, -0.25) is 4.90 Å². The van der Waals surface area contributed by atoms with Crippen LogP contribution in [0, 0.1) is 6.92 Å².